The summed E-state index contributed by atoms with van der Waals surface area (Å²) < 4.78 is 39.7. The van der Waals surface area contributed by atoms with Crippen LogP contribution in [0.25, 0.3) is 0 Å². The van der Waals surface area contributed by atoms with Crippen LogP contribution in [0.2, 0.25) is 0 Å². The predicted molar refractivity (Wildman–Crippen MR) is 106 cm³/mol. The Hall–Kier alpha value is -2.45. The first-order valence-electron chi connectivity index (χ1n) is 8.82. The second kappa shape index (κ2) is 10.6. The van der Waals surface area contributed by atoms with Gasteiger partial charge in [0, 0.05) is 19.6 Å². The quantitative estimate of drug-likeness (QED) is 0.346. The normalized spacial score (nSPS) is 12.0. The van der Waals surface area contributed by atoms with Crippen LogP contribution in [0.3, 0.4) is 0 Å². The van der Waals surface area contributed by atoms with E-state index in [-0.39, 0.29) is 17.3 Å². The van der Waals surface area contributed by atoms with Crippen molar-refractivity contribution in [2.24, 2.45) is 4.99 Å². The van der Waals surface area contributed by atoms with Gasteiger partial charge in [-0.15, -0.1) is 0 Å². The van der Waals surface area contributed by atoms with Crippen molar-refractivity contribution < 1.29 is 12.8 Å². The average molecular weight is 393 g/mol. The van der Waals surface area contributed by atoms with Gasteiger partial charge in [0.25, 0.3) is 0 Å². The molecule has 0 heterocycles. The van der Waals surface area contributed by atoms with E-state index < -0.39 is 10.0 Å². The molecule has 0 aliphatic rings. The molecule has 0 radical (unpaired) electrons. The average Bonchev–Trinajstić information content (AvgIpc) is 2.67. The van der Waals surface area contributed by atoms with Crippen molar-refractivity contribution in [3.05, 3.63) is 66.0 Å². The number of nitrogens with zero attached hydrogens (tertiary/aromatic N) is 1. The van der Waals surface area contributed by atoms with E-state index in [1.54, 1.807) is 42.5 Å². The molecule has 2 aromatic rings. The van der Waals surface area contributed by atoms with Gasteiger partial charge in [0.05, 0.1) is 11.4 Å². The second-order valence-electron chi connectivity index (χ2n) is 5.77. The summed E-state index contributed by atoms with van der Waals surface area (Å²) in [6.07, 6.45) is 0.728. The molecule has 27 heavy (non-hydrogen) atoms. The number of halogens is 1. The Morgan fingerprint density at radius 3 is 2.37 bits per heavy atom. The van der Waals surface area contributed by atoms with E-state index in [9.17, 15) is 12.8 Å². The van der Waals surface area contributed by atoms with E-state index in [0.29, 0.717) is 25.6 Å². The van der Waals surface area contributed by atoms with Crippen LogP contribution in [-0.4, -0.2) is 40.6 Å². The highest BCUT2D eigenvalue weighted by molar-refractivity contribution is 7.89. The number of hydrogen-bond donors (Lipinski definition) is 3. The molecule has 0 bridgehead atoms. The lowest BCUT2D eigenvalue weighted by Gasteiger charge is -2.11. The molecule has 6 nitrogen and oxygen atoms in total. The summed E-state index contributed by atoms with van der Waals surface area (Å²) in [4.78, 5) is 4.60. The third kappa shape index (κ3) is 7.36. The first-order valence-corrected chi connectivity index (χ1v) is 10.3. The highest BCUT2D eigenvalue weighted by Gasteiger charge is 2.11. The summed E-state index contributed by atoms with van der Waals surface area (Å²) >= 11 is 0. The fraction of sp³-hybridized carbons (Fsp3) is 0.316. The molecule has 8 heteroatoms. The zero-order valence-corrected chi connectivity index (χ0v) is 16.1. The molecule has 0 unspecified atom stereocenters. The summed E-state index contributed by atoms with van der Waals surface area (Å²) in [6, 6.07) is 14.6. The fourth-order valence-electron chi connectivity index (χ4n) is 2.35. The molecule has 0 saturated carbocycles. The lowest BCUT2D eigenvalue weighted by molar-refractivity contribution is 0.582. The van der Waals surface area contributed by atoms with Gasteiger partial charge in [0.1, 0.15) is 5.82 Å². The van der Waals surface area contributed by atoms with Crippen molar-refractivity contribution in [2.75, 3.05) is 26.2 Å². The Kier molecular flexibility index (Phi) is 8.22. The van der Waals surface area contributed by atoms with E-state index in [2.05, 4.69) is 20.3 Å². The number of sulfonamides is 1. The summed E-state index contributed by atoms with van der Waals surface area (Å²) in [7, 11) is -3.52. The van der Waals surface area contributed by atoms with Gasteiger partial charge in [0.15, 0.2) is 5.96 Å². The van der Waals surface area contributed by atoms with E-state index in [0.717, 1.165) is 12.0 Å². The molecule has 0 aliphatic heterocycles. The Bertz CT molecular complexity index is 825. The smallest absolute Gasteiger partial charge is 0.240 e. The van der Waals surface area contributed by atoms with Crippen LogP contribution in [0.4, 0.5) is 4.39 Å². The van der Waals surface area contributed by atoms with Crippen LogP contribution >= 0.6 is 0 Å². The van der Waals surface area contributed by atoms with Crippen LogP contribution in [0.5, 0.6) is 0 Å². The fourth-order valence-corrected chi connectivity index (χ4v) is 3.39. The predicted octanol–water partition coefficient (Wildman–Crippen LogP) is 1.90. The molecule has 3 N–H and O–H groups in total. The molecule has 146 valence electrons. The monoisotopic (exact) mass is 392 g/mol. The van der Waals surface area contributed by atoms with Gasteiger partial charge in [-0.05, 0) is 43.2 Å². The molecule has 0 aliphatic carbocycles. The standard InChI is InChI=1S/C19H25FN4O2S/c1-2-21-19(22-13-12-16-8-10-17(20)11-9-16)23-14-15-24-27(25,26)18-6-4-3-5-7-18/h3-11,24H,2,12-15H2,1H3,(H2,21,22,23). The van der Waals surface area contributed by atoms with Crippen molar-refractivity contribution in [2.45, 2.75) is 18.2 Å². The van der Waals surface area contributed by atoms with E-state index in [4.69, 9.17) is 0 Å². The van der Waals surface area contributed by atoms with Gasteiger partial charge in [-0.2, -0.15) is 0 Å². The molecule has 0 fully saturated rings. The van der Waals surface area contributed by atoms with Crippen molar-refractivity contribution in [3.8, 4) is 0 Å². The first-order chi connectivity index (χ1) is 13.0. The van der Waals surface area contributed by atoms with Crippen LogP contribution in [0, 0.1) is 5.82 Å². The molecule has 0 spiro atoms. The Balaban J connectivity index is 1.79. The Labute approximate surface area is 160 Å². The number of rotatable bonds is 9. The minimum Gasteiger partial charge on any atom is -0.357 e. The lowest BCUT2D eigenvalue weighted by Crippen LogP contribution is -2.39. The first kappa shape index (κ1) is 20.9. The molecule has 2 rings (SSSR count). The van der Waals surface area contributed by atoms with Crippen LogP contribution in [0.1, 0.15) is 12.5 Å². The third-order valence-corrected chi connectivity index (χ3v) is 5.17. The molecule has 0 atom stereocenters. The highest BCUT2D eigenvalue weighted by Crippen LogP contribution is 2.06. The molecule has 2 aromatic carbocycles. The Morgan fingerprint density at radius 2 is 1.70 bits per heavy atom. The van der Waals surface area contributed by atoms with Gasteiger partial charge < -0.3 is 10.6 Å². The summed E-state index contributed by atoms with van der Waals surface area (Å²) in [5, 5.41) is 6.29. The molecule has 0 saturated heterocycles. The largest absolute Gasteiger partial charge is 0.357 e. The van der Waals surface area contributed by atoms with Crippen LogP contribution < -0.4 is 15.4 Å². The Morgan fingerprint density at radius 1 is 1.00 bits per heavy atom. The number of guanidine groups is 1. The third-order valence-electron chi connectivity index (χ3n) is 3.69. The van der Waals surface area contributed by atoms with Gasteiger partial charge in [-0.3, -0.25) is 4.99 Å². The molecular weight excluding hydrogens is 367 g/mol. The minimum atomic E-state index is -3.52. The summed E-state index contributed by atoms with van der Waals surface area (Å²) in [5.74, 6) is 0.359. The van der Waals surface area contributed by atoms with E-state index >= 15 is 0 Å². The van der Waals surface area contributed by atoms with Crippen molar-refractivity contribution in [3.63, 3.8) is 0 Å². The van der Waals surface area contributed by atoms with Crippen molar-refractivity contribution >= 4 is 16.0 Å². The van der Waals surface area contributed by atoms with Gasteiger partial charge in [-0.25, -0.2) is 17.5 Å². The minimum absolute atomic E-state index is 0.200. The zero-order chi connectivity index (χ0) is 19.5. The topological polar surface area (TPSA) is 82.6 Å². The van der Waals surface area contributed by atoms with E-state index in [1.165, 1.54) is 12.1 Å². The number of benzene rings is 2. The molecule has 0 aromatic heterocycles. The number of aliphatic imine (C=N–C) groups is 1. The SMILES string of the molecule is CCNC(=NCCNS(=O)(=O)c1ccccc1)NCCc1ccc(F)cc1. The van der Waals surface area contributed by atoms with Crippen molar-refractivity contribution in [1.29, 1.82) is 0 Å². The highest BCUT2D eigenvalue weighted by atomic mass is 32.2. The maximum absolute atomic E-state index is 12.9. The molecule has 0 amide bonds. The van der Waals surface area contributed by atoms with Crippen LogP contribution in [0.15, 0.2) is 64.5 Å². The lowest BCUT2D eigenvalue weighted by atomic mass is 10.1. The molecular formula is C19H25FN4O2S. The summed E-state index contributed by atoms with van der Waals surface area (Å²) in [5.41, 5.74) is 1.02. The second-order valence-corrected chi connectivity index (χ2v) is 7.54. The maximum atomic E-state index is 12.9. The van der Waals surface area contributed by atoms with Gasteiger partial charge in [-0.1, -0.05) is 30.3 Å². The van der Waals surface area contributed by atoms with Crippen LogP contribution in [-0.2, 0) is 16.4 Å². The summed E-state index contributed by atoms with van der Waals surface area (Å²) in [6.45, 7) is 3.78. The van der Waals surface area contributed by atoms with Gasteiger partial charge >= 0.3 is 0 Å². The number of nitrogens with one attached hydrogen (secondary N) is 3. The van der Waals surface area contributed by atoms with Gasteiger partial charge in [0.2, 0.25) is 10.0 Å². The zero-order valence-electron chi connectivity index (χ0n) is 15.3. The van der Waals surface area contributed by atoms with Crippen molar-refractivity contribution in [1.82, 2.24) is 15.4 Å². The number of hydrogen-bond acceptors (Lipinski definition) is 3. The maximum Gasteiger partial charge on any atom is 0.240 e. The van der Waals surface area contributed by atoms with E-state index in [1.807, 2.05) is 6.92 Å².